The third-order valence-electron chi connectivity index (χ3n) is 3.97. The number of halogens is 3. The number of rotatable bonds is 6. The van der Waals surface area contributed by atoms with Crippen LogP contribution in [0.5, 0.6) is 0 Å². The molecule has 0 saturated heterocycles. The second kappa shape index (κ2) is 8.92. The Kier molecular flexibility index (Phi) is 6.34. The second-order valence-electron chi connectivity index (χ2n) is 5.94. The Bertz CT molecular complexity index is 1050. The summed E-state index contributed by atoms with van der Waals surface area (Å²) >= 11 is 0.920. The summed E-state index contributed by atoms with van der Waals surface area (Å²) in [5.41, 5.74) is 0.783. The van der Waals surface area contributed by atoms with Crippen LogP contribution in [0.3, 0.4) is 0 Å². The molecule has 29 heavy (non-hydrogen) atoms. The van der Waals surface area contributed by atoms with E-state index in [9.17, 15) is 18.0 Å². The maximum absolute atomic E-state index is 13.1. The van der Waals surface area contributed by atoms with Gasteiger partial charge in [-0.05, 0) is 18.2 Å². The van der Waals surface area contributed by atoms with Gasteiger partial charge in [0.2, 0.25) is 11.7 Å². The summed E-state index contributed by atoms with van der Waals surface area (Å²) in [7, 11) is 0. The van der Waals surface area contributed by atoms with Gasteiger partial charge in [-0.15, -0.1) is 0 Å². The first-order valence-corrected chi connectivity index (χ1v) is 9.58. The number of nitriles is 1. The fourth-order valence-electron chi connectivity index (χ4n) is 2.66. The SMILES string of the molecule is N#CCCN(C(=O)CSc1nc(C(F)(F)F)nc2ccccc12)c1ccccc1. The van der Waals surface area contributed by atoms with E-state index in [1.807, 2.05) is 6.07 Å². The lowest BCUT2D eigenvalue weighted by atomic mass is 10.2. The van der Waals surface area contributed by atoms with Crippen LogP contribution >= 0.6 is 11.8 Å². The maximum Gasteiger partial charge on any atom is 0.451 e. The predicted molar refractivity (Wildman–Crippen MR) is 104 cm³/mol. The van der Waals surface area contributed by atoms with E-state index in [1.165, 1.54) is 11.0 Å². The summed E-state index contributed by atoms with van der Waals surface area (Å²) < 4.78 is 39.4. The summed E-state index contributed by atoms with van der Waals surface area (Å²) in [5.74, 6) is -1.69. The van der Waals surface area contributed by atoms with Crippen molar-refractivity contribution in [3.63, 3.8) is 0 Å². The standard InChI is InChI=1S/C20H15F3N4OS/c21-20(22,23)19-25-16-10-5-4-9-15(16)18(26-19)29-13-17(28)27(12-6-11-24)14-7-2-1-3-8-14/h1-5,7-10H,6,12-13H2. The zero-order chi connectivity index (χ0) is 20.9. The molecule has 0 fully saturated rings. The van der Waals surface area contributed by atoms with Gasteiger partial charge in [0.25, 0.3) is 0 Å². The fourth-order valence-corrected chi connectivity index (χ4v) is 3.55. The van der Waals surface area contributed by atoms with Crippen LogP contribution in [-0.4, -0.2) is 28.2 Å². The number of benzene rings is 2. The largest absolute Gasteiger partial charge is 0.451 e. The van der Waals surface area contributed by atoms with Crippen LogP contribution in [-0.2, 0) is 11.0 Å². The van der Waals surface area contributed by atoms with E-state index in [0.29, 0.717) is 11.1 Å². The van der Waals surface area contributed by atoms with Crippen LogP contribution in [0.15, 0.2) is 59.6 Å². The first kappa shape index (κ1) is 20.6. The predicted octanol–water partition coefficient (Wildman–Crippen LogP) is 4.69. The lowest BCUT2D eigenvalue weighted by molar-refractivity contribution is -0.145. The number of aromatic nitrogens is 2. The number of anilines is 1. The van der Waals surface area contributed by atoms with Crippen LogP contribution in [0.4, 0.5) is 18.9 Å². The van der Waals surface area contributed by atoms with Gasteiger partial charge in [0.1, 0.15) is 5.03 Å². The van der Waals surface area contributed by atoms with Crippen molar-refractivity contribution >= 4 is 34.3 Å². The molecule has 0 aliphatic carbocycles. The van der Waals surface area contributed by atoms with Crippen molar-refractivity contribution in [3.05, 3.63) is 60.4 Å². The quantitative estimate of drug-likeness (QED) is 0.431. The molecule has 0 aliphatic heterocycles. The number of para-hydroxylation sites is 2. The molecule has 0 saturated carbocycles. The highest BCUT2D eigenvalue weighted by Crippen LogP contribution is 2.32. The third kappa shape index (κ3) is 5.03. The van der Waals surface area contributed by atoms with E-state index in [4.69, 9.17) is 5.26 Å². The Morgan fingerprint density at radius 2 is 1.76 bits per heavy atom. The maximum atomic E-state index is 13.1. The molecule has 0 aliphatic rings. The number of nitrogens with zero attached hydrogens (tertiary/aromatic N) is 4. The molecule has 3 aromatic rings. The molecule has 2 aromatic carbocycles. The van der Waals surface area contributed by atoms with Crippen LogP contribution in [0.1, 0.15) is 12.2 Å². The lowest BCUT2D eigenvalue weighted by Crippen LogP contribution is -2.33. The second-order valence-corrected chi connectivity index (χ2v) is 6.91. The highest BCUT2D eigenvalue weighted by molar-refractivity contribution is 8.00. The van der Waals surface area contributed by atoms with Crippen molar-refractivity contribution < 1.29 is 18.0 Å². The van der Waals surface area contributed by atoms with Crippen molar-refractivity contribution in [3.8, 4) is 6.07 Å². The van der Waals surface area contributed by atoms with Gasteiger partial charge in [-0.25, -0.2) is 9.97 Å². The minimum atomic E-state index is -4.69. The van der Waals surface area contributed by atoms with Crippen molar-refractivity contribution in [1.82, 2.24) is 9.97 Å². The lowest BCUT2D eigenvalue weighted by Gasteiger charge is -2.21. The van der Waals surface area contributed by atoms with E-state index in [2.05, 4.69) is 9.97 Å². The topological polar surface area (TPSA) is 69.9 Å². The summed E-state index contributed by atoms with van der Waals surface area (Å²) in [6.45, 7) is 0.193. The van der Waals surface area contributed by atoms with E-state index in [-0.39, 0.29) is 35.2 Å². The first-order chi connectivity index (χ1) is 13.9. The average Bonchev–Trinajstić information content (AvgIpc) is 2.72. The fraction of sp³-hybridized carbons (Fsp3) is 0.200. The van der Waals surface area contributed by atoms with Gasteiger partial charge < -0.3 is 4.90 Å². The van der Waals surface area contributed by atoms with Gasteiger partial charge in [0.15, 0.2) is 0 Å². The highest BCUT2D eigenvalue weighted by Gasteiger charge is 2.35. The molecule has 1 aromatic heterocycles. The van der Waals surface area contributed by atoms with E-state index in [0.717, 1.165) is 11.8 Å². The Labute approximate surface area is 169 Å². The van der Waals surface area contributed by atoms with Crippen LogP contribution in [0.25, 0.3) is 10.9 Å². The normalized spacial score (nSPS) is 11.2. The zero-order valence-electron chi connectivity index (χ0n) is 15.1. The Morgan fingerprint density at radius 1 is 1.07 bits per heavy atom. The number of fused-ring (bicyclic) bond motifs is 1. The molecular weight excluding hydrogens is 401 g/mol. The minimum Gasteiger partial charge on any atom is -0.311 e. The Balaban J connectivity index is 1.87. The molecule has 9 heteroatoms. The molecule has 1 amide bonds. The van der Waals surface area contributed by atoms with Crippen LogP contribution in [0.2, 0.25) is 0 Å². The van der Waals surface area contributed by atoms with Crippen LogP contribution < -0.4 is 4.90 Å². The monoisotopic (exact) mass is 416 g/mol. The van der Waals surface area contributed by atoms with Crippen LogP contribution in [0, 0.1) is 11.3 Å². The number of thioether (sulfide) groups is 1. The summed E-state index contributed by atoms with van der Waals surface area (Å²) in [6, 6.07) is 17.2. The number of amides is 1. The molecule has 1 heterocycles. The van der Waals surface area contributed by atoms with Gasteiger partial charge in [-0.2, -0.15) is 18.4 Å². The summed E-state index contributed by atoms with van der Waals surface area (Å²) in [5, 5.41) is 9.39. The number of alkyl halides is 3. The van der Waals surface area contributed by atoms with E-state index in [1.54, 1.807) is 48.5 Å². The molecule has 3 rings (SSSR count). The summed E-state index contributed by atoms with van der Waals surface area (Å²) in [6.07, 6.45) is -4.55. The van der Waals surface area contributed by atoms with Gasteiger partial charge in [-0.3, -0.25) is 4.79 Å². The Morgan fingerprint density at radius 3 is 2.45 bits per heavy atom. The van der Waals surface area contributed by atoms with E-state index >= 15 is 0 Å². The average molecular weight is 416 g/mol. The summed E-state index contributed by atoms with van der Waals surface area (Å²) in [4.78, 5) is 21.4. The number of carbonyl (C=O) groups excluding carboxylic acids is 1. The van der Waals surface area contributed by atoms with Crippen molar-refractivity contribution in [2.45, 2.75) is 17.6 Å². The smallest absolute Gasteiger partial charge is 0.311 e. The van der Waals surface area contributed by atoms with Crippen molar-refractivity contribution in [1.29, 1.82) is 5.26 Å². The minimum absolute atomic E-state index is 0.0876. The number of hydrogen-bond donors (Lipinski definition) is 0. The van der Waals surface area contributed by atoms with Gasteiger partial charge in [0, 0.05) is 17.6 Å². The molecule has 0 radical (unpaired) electrons. The molecule has 0 bridgehead atoms. The molecule has 5 nitrogen and oxygen atoms in total. The molecule has 148 valence electrons. The molecule has 0 spiro atoms. The first-order valence-electron chi connectivity index (χ1n) is 8.59. The molecule has 0 atom stereocenters. The number of hydrogen-bond acceptors (Lipinski definition) is 5. The van der Waals surface area contributed by atoms with Gasteiger partial charge in [0.05, 0.1) is 23.8 Å². The zero-order valence-corrected chi connectivity index (χ0v) is 15.9. The molecular formula is C20H15F3N4OS. The highest BCUT2D eigenvalue weighted by atomic mass is 32.2. The number of carbonyl (C=O) groups is 1. The molecule has 0 N–H and O–H groups in total. The molecule has 0 unspecified atom stereocenters. The van der Waals surface area contributed by atoms with Crippen molar-refractivity contribution in [2.75, 3.05) is 17.2 Å². The van der Waals surface area contributed by atoms with Gasteiger partial charge >= 0.3 is 6.18 Å². The Hall–Kier alpha value is -3.12. The van der Waals surface area contributed by atoms with Gasteiger partial charge in [-0.1, -0.05) is 48.2 Å². The van der Waals surface area contributed by atoms with Crippen molar-refractivity contribution in [2.24, 2.45) is 0 Å². The van der Waals surface area contributed by atoms with E-state index < -0.39 is 12.0 Å². The third-order valence-corrected chi connectivity index (χ3v) is 4.95.